The number of nitrogens with zero attached hydrogens (tertiary/aromatic N) is 4. The summed E-state index contributed by atoms with van der Waals surface area (Å²) in [5.74, 6) is -5.38. The van der Waals surface area contributed by atoms with Crippen LogP contribution < -0.4 is 0 Å². The van der Waals surface area contributed by atoms with Gasteiger partial charge in [-0.2, -0.15) is 0 Å². The Balaban J connectivity index is 3.09. The Morgan fingerprint density at radius 2 is 1.00 bits per heavy atom. The summed E-state index contributed by atoms with van der Waals surface area (Å²) < 4.78 is 0. The van der Waals surface area contributed by atoms with E-state index in [9.17, 15) is 29.1 Å². The van der Waals surface area contributed by atoms with Crippen LogP contribution in [0.4, 0.5) is 0 Å². The molecule has 0 heterocycles. The van der Waals surface area contributed by atoms with Gasteiger partial charge in [-0.1, -0.05) is 13.8 Å². The fourth-order valence-corrected chi connectivity index (χ4v) is 4.98. The molecule has 0 aromatic carbocycles. The van der Waals surface area contributed by atoms with Crippen LogP contribution in [0.3, 0.4) is 0 Å². The maximum atomic E-state index is 11.7. The molecule has 1 fully saturated rings. The van der Waals surface area contributed by atoms with E-state index in [0.29, 0.717) is 25.4 Å². The van der Waals surface area contributed by atoms with Gasteiger partial charge in [0.25, 0.3) is 0 Å². The van der Waals surface area contributed by atoms with Crippen LogP contribution in [0.2, 0.25) is 0 Å². The van der Waals surface area contributed by atoms with Gasteiger partial charge in [-0.15, -0.1) is 0 Å². The topological polar surface area (TPSA) is 199 Å². The SMILES string of the molecule is CCN(CCN(CC(=O)O)CC(=O)O)[C@H]1CCC(C)CC1N(CCN(CC(=O)O)CC(=O)O)CC(=O)O. The zero-order valence-electron chi connectivity index (χ0n) is 21.5. The summed E-state index contributed by atoms with van der Waals surface area (Å²) in [4.78, 5) is 62.8. The average Bonchev–Trinajstić information content (AvgIpc) is 2.75. The highest BCUT2D eigenvalue weighted by Crippen LogP contribution is 2.31. The predicted molar refractivity (Wildman–Crippen MR) is 130 cm³/mol. The molecule has 0 saturated heterocycles. The summed E-state index contributed by atoms with van der Waals surface area (Å²) in [5.41, 5.74) is 0. The Morgan fingerprint density at radius 1 is 0.595 bits per heavy atom. The fraction of sp³-hybridized carbons (Fsp3) is 0.783. The van der Waals surface area contributed by atoms with Crippen molar-refractivity contribution in [1.29, 1.82) is 0 Å². The van der Waals surface area contributed by atoms with Gasteiger partial charge >= 0.3 is 29.8 Å². The molecular weight excluding hydrogens is 492 g/mol. The number of aliphatic carboxylic acids is 5. The van der Waals surface area contributed by atoms with Gasteiger partial charge in [0.1, 0.15) is 0 Å². The van der Waals surface area contributed by atoms with E-state index in [1.165, 1.54) is 9.80 Å². The van der Waals surface area contributed by atoms with Crippen LogP contribution in [-0.2, 0) is 24.0 Å². The lowest BCUT2D eigenvalue weighted by Crippen LogP contribution is -2.58. The van der Waals surface area contributed by atoms with Gasteiger partial charge in [-0.05, 0) is 31.7 Å². The normalized spacial score (nSPS) is 20.0. The van der Waals surface area contributed by atoms with E-state index in [2.05, 4.69) is 11.8 Å². The molecule has 5 N–H and O–H groups in total. The van der Waals surface area contributed by atoms with Crippen LogP contribution in [0, 0.1) is 5.92 Å². The van der Waals surface area contributed by atoms with Crippen molar-refractivity contribution < 1.29 is 49.5 Å². The van der Waals surface area contributed by atoms with Crippen molar-refractivity contribution in [3.05, 3.63) is 0 Å². The summed E-state index contributed by atoms with van der Waals surface area (Å²) in [6, 6.07) is -0.312. The number of carbonyl (C=O) groups is 5. The zero-order valence-corrected chi connectivity index (χ0v) is 21.5. The van der Waals surface area contributed by atoms with E-state index >= 15 is 0 Å². The maximum Gasteiger partial charge on any atom is 0.317 e. The lowest BCUT2D eigenvalue weighted by atomic mass is 9.81. The molecule has 1 aliphatic carbocycles. The minimum absolute atomic E-state index is 0.0562. The zero-order chi connectivity index (χ0) is 28.1. The van der Waals surface area contributed by atoms with Crippen molar-refractivity contribution in [2.75, 3.05) is 65.4 Å². The number of carboxylic acids is 5. The molecule has 1 aliphatic rings. The Labute approximate surface area is 216 Å². The maximum absolute atomic E-state index is 11.7. The van der Waals surface area contributed by atoms with Gasteiger partial charge < -0.3 is 25.5 Å². The number of carboxylic acid groups (broad SMARTS) is 5. The molecule has 0 radical (unpaired) electrons. The second-order valence-electron chi connectivity index (χ2n) is 9.54. The number of likely N-dealkylation sites (N-methyl/N-ethyl adjacent to an activating group) is 1. The van der Waals surface area contributed by atoms with Gasteiger partial charge in [-0.25, -0.2) is 0 Å². The smallest absolute Gasteiger partial charge is 0.317 e. The number of hydrogen-bond acceptors (Lipinski definition) is 9. The molecule has 0 aliphatic heterocycles. The molecule has 0 aromatic heterocycles. The van der Waals surface area contributed by atoms with Crippen LogP contribution in [0.1, 0.15) is 33.1 Å². The van der Waals surface area contributed by atoms with Crippen molar-refractivity contribution in [3.8, 4) is 0 Å². The van der Waals surface area contributed by atoms with Crippen molar-refractivity contribution in [1.82, 2.24) is 19.6 Å². The first-order valence-electron chi connectivity index (χ1n) is 12.3. The molecule has 0 aromatic rings. The summed E-state index contributed by atoms with van der Waals surface area (Å²) in [6.07, 6.45) is 2.33. The highest BCUT2D eigenvalue weighted by Gasteiger charge is 2.37. The van der Waals surface area contributed by atoms with Crippen LogP contribution in [-0.4, -0.2) is 153 Å². The third kappa shape index (κ3) is 12.8. The minimum atomic E-state index is -1.18. The van der Waals surface area contributed by atoms with E-state index in [4.69, 9.17) is 20.4 Å². The van der Waals surface area contributed by atoms with Gasteiger partial charge in [0.05, 0.1) is 32.7 Å². The molecule has 0 amide bonds. The summed E-state index contributed by atoms with van der Waals surface area (Å²) >= 11 is 0. The van der Waals surface area contributed by atoms with Crippen LogP contribution in [0.5, 0.6) is 0 Å². The van der Waals surface area contributed by atoms with E-state index in [1.54, 1.807) is 4.90 Å². The van der Waals surface area contributed by atoms with Crippen LogP contribution in [0.25, 0.3) is 0 Å². The average molecular weight is 533 g/mol. The second kappa shape index (κ2) is 16.1. The van der Waals surface area contributed by atoms with Crippen molar-refractivity contribution >= 4 is 29.8 Å². The standard InChI is InChI=1S/C23H40N4O10/c1-3-26(8-6-24(11-19(28)29)12-20(30)31)17-5-4-16(2)10-18(17)27(15-23(36)37)9-7-25(13-21(32)33)14-22(34)35/h16-18H,3-15H2,1-2H3,(H,28,29)(H,30,31)(H,32,33)(H,34,35)(H,36,37)/t16?,17-,18?/m0/s1. The molecule has 1 saturated carbocycles. The third-order valence-electron chi connectivity index (χ3n) is 6.57. The monoisotopic (exact) mass is 532 g/mol. The largest absolute Gasteiger partial charge is 0.480 e. The molecule has 0 spiro atoms. The Kier molecular flexibility index (Phi) is 14.0. The van der Waals surface area contributed by atoms with Gasteiger partial charge in [0, 0.05) is 38.3 Å². The molecule has 14 nitrogen and oxygen atoms in total. The van der Waals surface area contributed by atoms with Crippen LogP contribution in [0.15, 0.2) is 0 Å². The van der Waals surface area contributed by atoms with Crippen molar-refractivity contribution in [2.45, 2.75) is 45.2 Å². The molecule has 14 heteroatoms. The predicted octanol–water partition coefficient (Wildman–Crippen LogP) is -0.805. The fourth-order valence-electron chi connectivity index (χ4n) is 4.98. The Hall–Kier alpha value is -2.81. The summed E-state index contributed by atoms with van der Waals surface area (Å²) in [5, 5.41) is 46.1. The summed E-state index contributed by atoms with van der Waals surface area (Å²) in [6.45, 7) is 3.28. The molecule has 2 unspecified atom stereocenters. The lowest BCUT2D eigenvalue weighted by molar-refractivity contribution is -0.144. The van der Waals surface area contributed by atoms with Crippen molar-refractivity contribution in [3.63, 3.8) is 0 Å². The van der Waals surface area contributed by atoms with E-state index in [0.717, 1.165) is 12.8 Å². The summed E-state index contributed by atoms with van der Waals surface area (Å²) in [7, 11) is 0. The van der Waals surface area contributed by atoms with Crippen molar-refractivity contribution in [2.24, 2.45) is 5.92 Å². The quantitative estimate of drug-likeness (QED) is 0.138. The van der Waals surface area contributed by atoms with Gasteiger partial charge in [0.2, 0.25) is 0 Å². The highest BCUT2D eigenvalue weighted by molar-refractivity contribution is 5.73. The molecule has 212 valence electrons. The number of rotatable bonds is 19. The first-order valence-corrected chi connectivity index (χ1v) is 12.3. The second-order valence-corrected chi connectivity index (χ2v) is 9.54. The minimum Gasteiger partial charge on any atom is -0.480 e. The van der Waals surface area contributed by atoms with E-state index in [1.807, 2.05) is 6.92 Å². The molecule has 1 rings (SSSR count). The van der Waals surface area contributed by atoms with Gasteiger partial charge in [-0.3, -0.25) is 43.6 Å². The molecule has 0 bridgehead atoms. The molecule has 37 heavy (non-hydrogen) atoms. The Bertz CT molecular complexity index is 763. The highest BCUT2D eigenvalue weighted by atomic mass is 16.4. The lowest BCUT2D eigenvalue weighted by Gasteiger charge is -2.46. The third-order valence-corrected chi connectivity index (χ3v) is 6.57. The molecular formula is C23H40N4O10. The first kappa shape index (κ1) is 32.2. The molecule has 3 atom stereocenters. The van der Waals surface area contributed by atoms with E-state index < -0.39 is 56.0 Å². The first-order chi connectivity index (χ1) is 17.3. The van der Waals surface area contributed by atoms with Crippen LogP contribution >= 0.6 is 0 Å². The van der Waals surface area contributed by atoms with Gasteiger partial charge in [0.15, 0.2) is 0 Å². The van der Waals surface area contributed by atoms with E-state index in [-0.39, 0.29) is 38.3 Å². The number of hydrogen-bond donors (Lipinski definition) is 5. The Morgan fingerprint density at radius 3 is 1.38 bits per heavy atom.